The van der Waals surface area contributed by atoms with Crippen LogP contribution in [-0.4, -0.2) is 63.5 Å². The lowest BCUT2D eigenvalue weighted by Gasteiger charge is -2.51. The van der Waals surface area contributed by atoms with Crippen LogP contribution in [0.4, 0.5) is 8.78 Å². The summed E-state index contributed by atoms with van der Waals surface area (Å²) in [4.78, 5) is 32.3. The number of aliphatic hydroxyl groups excluding tert-OH is 2. The number of carbonyl (C=O) groups is 2. The van der Waals surface area contributed by atoms with Gasteiger partial charge >= 0.3 is 0 Å². The average molecular weight is 599 g/mol. The Morgan fingerprint density at radius 2 is 1.85 bits per heavy atom. The molecule has 2 saturated carbocycles. The standard InChI is InChI=1S/C30H35Cl2F2NO5/c1-27-10-9-19(37)12-21(27)24(33)8-7-17-11-18-14-35(15-20-22(31)5-4-6-23(20)32)40-30(18,26(39)16-36)28(17,2)13-25(38)29(27,3)34/h4-6,9-10,12,17-18,24-25,36,38H,7-8,11,13-16H2,1-3H3/t17-,18+,24+,25+,27+,28+,29+,30+/m1/s1. The van der Waals surface area contributed by atoms with Gasteiger partial charge in [0.05, 0.1) is 12.6 Å². The van der Waals surface area contributed by atoms with Gasteiger partial charge in [-0.25, -0.2) is 8.78 Å². The summed E-state index contributed by atoms with van der Waals surface area (Å²) in [5.41, 5.74) is -6.05. The molecule has 3 fully saturated rings. The second-order valence-electron chi connectivity index (χ2n) is 12.4. The summed E-state index contributed by atoms with van der Waals surface area (Å²) in [5.74, 6) is -1.70. The van der Waals surface area contributed by atoms with Gasteiger partial charge in [-0.1, -0.05) is 42.3 Å². The van der Waals surface area contributed by atoms with E-state index in [1.807, 2.05) is 0 Å². The van der Waals surface area contributed by atoms with Crippen molar-refractivity contribution in [1.29, 1.82) is 0 Å². The number of Topliss-reactive ketones (excluding diaryl/α,β-unsaturated/α-hetero) is 1. The lowest BCUT2D eigenvalue weighted by Crippen LogP contribution is -2.60. The highest BCUT2D eigenvalue weighted by atomic mass is 35.5. The molecule has 3 aliphatic carbocycles. The molecule has 10 heteroatoms. The highest BCUT2D eigenvalue weighted by Crippen LogP contribution is 2.64. The van der Waals surface area contributed by atoms with Crippen LogP contribution in [0.2, 0.25) is 10.0 Å². The van der Waals surface area contributed by atoms with E-state index in [0.29, 0.717) is 35.0 Å². The minimum absolute atomic E-state index is 0.0179. The SMILES string of the molecule is C[C@]12C=CC(=O)C=C1[C@@H](F)CC[C@@H]1C[C@H]3CN(Cc4c(Cl)cccc4Cl)O[C@@]3(C(=O)CO)[C@@]1(C)C[C@H](O)[C@]2(C)F. The van der Waals surface area contributed by atoms with Crippen LogP contribution in [0.1, 0.15) is 52.0 Å². The lowest BCUT2D eigenvalue weighted by atomic mass is 9.57. The van der Waals surface area contributed by atoms with Crippen molar-refractivity contribution in [2.24, 2.45) is 22.7 Å². The molecule has 40 heavy (non-hydrogen) atoms. The molecule has 0 radical (unpaired) electrons. The fourth-order valence-corrected chi connectivity index (χ4v) is 8.35. The van der Waals surface area contributed by atoms with Gasteiger partial charge in [0.1, 0.15) is 18.4 Å². The first-order chi connectivity index (χ1) is 18.7. The Kier molecular flexibility index (Phi) is 7.63. The molecule has 0 unspecified atom stereocenters. The Morgan fingerprint density at radius 1 is 1.18 bits per heavy atom. The van der Waals surface area contributed by atoms with E-state index in [-0.39, 0.29) is 30.9 Å². The van der Waals surface area contributed by atoms with Gasteiger partial charge in [-0.2, -0.15) is 5.06 Å². The number of halogens is 4. The molecule has 0 spiro atoms. The van der Waals surface area contributed by atoms with Gasteiger partial charge in [0.25, 0.3) is 0 Å². The van der Waals surface area contributed by atoms with Crippen LogP contribution in [0.3, 0.4) is 0 Å². The molecule has 5 rings (SSSR count). The first-order valence-corrected chi connectivity index (χ1v) is 14.4. The molecule has 0 amide bonds. The molecule has 0 aromatic heterocycles. The summed E-state index contributed by atoms with van der Waals surface area (Å²) >= 11 is 12.8. The first-order valence-electron chi connectivity index (χ1n) is 13.7. The van der Waals surface area contributed by atoms with Gasteiger partial charge in [-0.15, -0.1) is 0 Å². The van der Waals surface area contributed by atoms with E-state index >= 15 is 8.78 Å². The Balaban J connectivity index is 1.56. The third kappa shape index (κ3) is 4.24. The molecular weight excluding hydrogens is 563 g/mol. The van der Waals surface area contributed by atoms with E-state index in [2.05, 4.69) is 0 Å². The molecule has 1 saturated heterocycles. The van der Waals surface area contributed by atoms with Crippen molar-refractivity contribution in [1.82, 2.24) is 5.06 Å². The molecule has 1 aliphatic heterocycles. The quantitative estimate of drug-likeness (QED) is 0.485. The number of benzene rings is 1. The molecule has 8 atom stereocenters. The van der Waals surface area contributed by atoms with Crippen LogP contribution in [-0.2, 0) is 21.0 Å². The van der Waals surface area contributed by atoms with Crippen LogP contribution in [0.25, 0.3) is 0 Å². The Hall–Kier alpha value is -1.68. The zero-order chi connectivity index (χ0) is 29.3. The topological polar surface area (TPSA) is 87.1 Å². The van der Waals surface area contributed by atoms with Crippen LogP contribution in [0, 0.1) is 22.7 Å². The van der Waals surface area contributed by atoms with Gasteiger partial charge in [0, 0.05) is 38.9 Å². The van der Waals surface area contributed by atoms with Crippen molar-refractivity contribution in [3.8, 4) is 0 Å². The molecule has 2 N–H and O–H groups in total. The number of hydrogen-bond donors (Lipinski definition) is 2. The smallest absolute Gasteiger partial charge is 0.192 e. The summed E-state index contributed by atoms with van der Waals surface area (Å²) in [6.07, 6.45) is 1.06. The maximum atomic E-state index is 16.8. The number of alkyl halides is 2. The van der Waals surface area contributed by atoms with Crippen LogP contribution < -0.4 is 0 Å². The summed E-state index contributed by atoms with van der Waals surface area (Å²) in [5, 5.41) is 24.2. The largest absolute Gasteiger partial charge is 0.390 e. The molecule has 1 heterocycles. The van der Waals surface area contributed by atoms with Gasteiger partial charge in [-0.3, -0.25) is 14.4 Å². The monoisotopic (exact) mass is 597 g/mol. The van der Waals surface area contributed by atoms with E-state index < -0.39 is 58.5 Å². The van der Waals surface area contributed by atoms with E-state index in [1.54, 1.807) is 30.2 Å². The number of hydrogen-bond acceptors (Lipinski definition) is 6. The van der Waals surface area contributed by atoms with Gasteiger partial charge in [0.2, 0.25) is 0 Å². The van der Waals surface area contributed by atoms with Gasteiger partial charge in [0.15, 0.2) is 17.2 Å². The second-order valence-corrected chi connectivity index (χ2v) is 13.2. The normalized spacial score (nSPS) is 41.7. The third-order valence-corrected chi connectivity index (χ3v) is 11.1. The fourth-order valence-electron chi connectivity index (χ4n) is 7.83. The molecule has 1 aromatic carbocycles. The number of hydroxylamine groups is 2. The number of ketones is 2. The van der Waals surface area contributed by atoms with Gasteiger partial charge < -0.3 is 10.2 Å². The number of carbonyl (C=O) groups excluding carboxylic acids is 2. The van der Waals surface area contributed by atoms with E-state index in [4.69, 9.17) is 28.0 Å². The molecule has 6 nitrogen and oxygen atoms in total. The molecule has 1 aromatic rings. The summed E-state index contributed by atoms with van der Waals surface area (Å²) < 4.78 is 32.7. The highest BCUT2D eigenvalue weighted by Gasteiger charge is 2.72. The van der Waals surface area contributed by atoms with Crippen molar-refractivity contribution in [2.45, 2.75) is 76.5 Å². The Bertz CT molecular complexity index is 1270. The van der Waals surface area contributed by atoms with Crippen molar-refractivity contribution in [2.75, 3.05) is 13.2 Å². The highest BCUT2D eigenvalue weighted by molar-refractivity contribution is 6.35. The van der Waals surface area contributed by atoms with Crippen LogP contribution in [0.15, 0.2) is 42.0 Å². The third-order valence-electron chi connectivity index (χ3n) is 10.4. The Labute approximate surface area is 242 Å². The predicted octanol–water partition coefficient (Wildman–Crippen LogP) is 5.37. The molecule has 4 aliphatic rings. The predicted molar refractivity (Wildman–Crippen MR) is 147 cm³/mol. The zero-order valence-electron chi connectivity index (χ0n) is 22.8. The van der Waals surface area contributed by atoms with Crippen molar-refractivity contribution >= 4 is 34.8 Å². The number of nitrogens with zero attached hydrogens (tertiary/aromatic N) is 1. The molecule has 0 bridgehead atoms. The number of rotatable bonds is 4. The summed E-state index contributed by atoms with van der Waals surface area (Å²) in [6, 6.07) is 5.13. The Morgan fingerprint density at radius 3 is 2.50 bits per heavy atom. The number of fused-ring (bicyclic) bond motifs is 4. The fraction of sp³-hybridized carbons (Fsp3) is 0.600. The van der Waals surface area contributed by atoms with E-state index in [9.17, 15) is 19.8 Å². The van der Waals surface area contributed by atoms with Crippen LogP contribution in [0.5, 0.6) is 0 Å². The average Bonchev–Trinajstić information content (AvgIpc) is 3.37. The minimum atomic E-state index is -2.39. The van der Waals surface area contributed by atoms with Gasteiger partial charge in [-0.05, 0) is 75.3 Å². The van der Waals surface area contributed by atoms with E-state index in [0.717, 1.165) is 6.08 Å². The zero-order valence-corrected chi connectivity index (χ0v) is 24.3. The maximum Gasteiger partial charge on any atom is 0.192 e. The second kappa shape index (κ2) is 10.2. The molecular formula is C30H35Cl2F2NO5. The van der Waals surface area contributed by atoms with Crippen molar-refractivity contribution < 1.29 is 33.4 Å². The summed E-state index contributed by atoms with van der Waals surface area (Å²) in [7, 11) is 0. The van der Waals surface area contributed by atoms with Crippen molar-refractivity contribution in [3.05, 3.63) is 57.6 Å². The number of allylic oxidation sites excluding steroid dienone is 4. The summed E-state index contributed by atoms with van der Waals surface area (Å²) in [6.45, 7) is 4.17. The van der Waals surface area contributed by atoms with Crippen LogP contribution >= 0.6 is 23.2 Å². The lowest BCUT2D eigenvalue weighted by molar-refractivity contribution is -0.244. The number of aliphatic hydroxyl groups is 2. The molecule has 218 valence electrons. The van der Waals surface area contributed by atoms with Crippen molar-refractivity contribution in [3.63, 3.8) is 0 Å². The first kappa shape index (κ1) is 29.8. The maximum absolute atomic E-state index is 16.8. The minimum Gasteiger partial charge on any atom is -0.390 e. The van der Waals surface area contributed by atoms with E-state index in [1.165, 1.54) is 26.0 Å².